The maximum Gasteiger partial charge on any atom is 0.387 e. The molecule has 1 fully saturated rings. The van der Waals surface area contributed by atoms with Crippen molar-refractivity contribution in [3.8, 4) is 23.1 Å². The fraction of sp³-hybridized carbons (Fsp3) is 0.233. The second kappa shape index (κ2) is 11.4. The smallest absolute Gasteiger partial charge is 0.387 e. The zero-order valence-electron chi connectivity index (χ0n) is 22.8. The molecule has 43 heavy (non-hydrogen) atoms. The third kappa shape index (κ3) is 5.50. The van der Waals surface area contributed by atoms with E-state index >= 15 is 0 Å². The van der Waals surface area contributed by atoms with Crippen molar-refractivity contribution in [1.29, 1.82) is 0 Å². The number of nitrogens with zero attached hydrogens (tertiary/aromatic N) is 3. The molecule has 5 aromatic rings. The number of nitrogens with one attached hydrogen (secondary N) is 2. The van der Waals surface area contributed by atoms with Crippen LogP contribution in [0.15, 0.2) is 54.9 Å². The van der Waals surface area contributed by atoms with Crippen LogP contribution in [0.4, 0.5) is 23.4 Å². The summed E-state index contributed by atoms with van der Waals surface area (Å²) in [6.45, 7) is 0.246. The van der Waals surface area contributed by atoms with Crippen LogP contribution in [0.25, 0.3) is 16.6 Å². The highest BCUT2D eigenvalue weighted by Crippen LogP contribution is 2.37. The highest BCUT2D eigenvalue weighted by Gasteiger charge is 2.25. The number of halogens is 4. The highest BCUT2D eigenvalue weighted by molar-refractivity contribution is 6.12. The largest absolute Gasteiger partial charge is 0.435 e. The maximum absolute atomic E-state index is 14.0. The van der Waals surface area contributed by atoms with E-state index in [9.17, 15) is 22.4 Å². The summed E-state index contributed by atoms with van der Waals surface area (Å²) in [4.78, 5) is 20.7. The zero-order chi connectivity index (χ0) is 30.2. The molecule has 0 amide bonds. The van der Waals surface area contributed by atoms with Crippen molar-refractivity contribution in [2.24, 2.45) is 0 Å². The van der Waals surface area contributed by atoms with Gasteiger partial charge >= 0.3 is 6.61 Å². The Morgan fingerprint density at radius 1 is 1.09 bits per heavy atom. The molecule has 1 aliphatic heterocycles. The van der Waals surface area contributed by atoms with Crippen molar-refractivity contribution in [3.63, 3.8) is 0 Å². The van der Waals surface area contributed by atoms with Gasteiger partial charge in [0.05, 0.1) is 29.3 Å². The minimum Gasteiger partial charge on any atom is -0.435 e. The van der Waals surface area contributed by atoms with Crippen LogP contribution < -0.4 is 20.5 Å². The van der Waals surface area contributed by atoms with Gasteiger partial charge in [-0.05, 0) is 80.2 Å². The number of aromatic amines is 1. The molecule has 3 aromatic heterocycles. The molecule has 0 unspecified atom stereocenters. The van der Waals surface area contributed by atoms with Crippen LogP contribution in [-0.4, -0.2) is 45.2 Å². The number of carbonyl (C=O) groups excluding carboxylic acids is 1. The number of H-pyrrole nitrogens is 1. The Hall–Kier alpha value is -4.91. The second-order valence-electron chi connectivity index (χ2n) is 10.2. The molecule has 1 saturated heterocycles. The molecular weight excluding hydrogens is 568 g/mol. The average Bonchev–Trinajstić information content (AvgIpc) is 3.57. The SMILES string of the molecule is Cc1cc(Oc2c(F)cccc2F)ncc1-n1ncc(C(=O)c2cc3cc(OC(F)F)c(C4CCNCC4)cc3[nH]2)c1N. The Morgan fingerprint density at radius 2 is 1.84 bits per heavy atom. The van der Waals surface area contributed by atoms with Crippen LogP contribution in [0.2, 0.25) is 0 Å². The molecule has 4 heterocycles. The molecule has 0 aliphatic carbocycles. The number of nitrogens with two attached hydrogens (primary N) is 1. The fourth-order valence-corrected chi connectivity index (χ4v) is 5.30. The van der Waals surface area contributed by atoms with E-state index in [1.54, 1.807) is 19.1 Å². The molecule has 4 N–H and O–H groups in total. The van der Waals surface area contributed by atoms with Crippen LogP contribution in [0.1, 0.15) is 45.9 Å². The number of piperidine rings is 1. The van der Waals surface area contributed by atoms with E-state index in [1.165, 1.54) is 35.3 Å². The molecule has 6 rings (SSSR count). The van der Waals surface area contributed by atoms with Gasteiger partial charge in [-0.25, -0.2) is 18.4 Å². The summed E-state index contributed by atoms with van der Waals surface area (Å²) in [5.74, 6) is -2.68. The van der Waals surface area contributed by atoms with Gasteiger partial charge in [-0.1, -0.05) is 6.07 Å². The van der Waals surface area contributed by atoms with E-state index in [1.807, 2.05) is 0 Å². The summed E-state index contributed by atoms with van der Waals surface area (Å²) in [7, 11) is 0. The lowest BCUT2D eigenvalue weighted by Crippen LogP contribution is -2.27. The number of aromatic nitrogens is 4. The van der Waals surface area contributed by atoms with Crippen molar-refractivity contribution in [1.82, 2.24) is 25.1 Å². The van der Waals surface area contributed by atoms with Crippen molar-refractivity contribution in [3.05, 3.63) is 88.9 Å². The topological polar surface area (TPSA) is 120 Å². The summed E-state index contributed by atoms with van der Waals surface area (Å²) >= 11 is 0. The summed E-state index contributed by atoms with van der Waals surface area (Å²) in [6.07, 6.45) is 4.22. The normalized spacial score (nSPS) is 14.0. The Labute approximate surface area is 242 Å². The van der Waals surface area contributed by atoms with Crippen LogP contribution in [0, 0.1) is 18.6 Å². The molecule has 13 heteroatoms. The first kappa shape index (κ1) is 28.2. The van der Waals surface area contributed by atoms with Gasteiger partial charge in [0.25, 0.3) is 0 Å². The zero-order valence-corrected chi connectivity index (χ0v) is 22.8. The molecular formula is C30H26F4N6O3. The fourth-order valence-electron chi connectivity index (χ4n) is 5.30. The van der Waals surface area contributed by atoms with Gasteiger partial charge in [-0.15, -0.1) is 0 Å². The summed E-state index contributed by atoms with van der Waals surface area (Å²) in [5.41, 5.74) is 8.86. The molecule has 0 bridgehead atoms. The number of hydrogen-bond donors (Lipinski definition) is 3. The number of ketones is 1. The second-order valence-corrected chi connectivity index (χ2v) is 10.2. The number of fused-ring (bicyclic) bond motifs is 1. The number of pyridine rings is 1. The summed E-state index contributed by atoms with van der Waals surface area (Å²) < 4.78 is 65.9. The van der Waals surface area contributed by atoms with Gasteiger partial charge in [0, 0.05) is 17.0 Å². The van der Waals surface area contributed by atoms with Gasteiger partial charge in [0.2, 0.25) is 17.4 Å². The molecule has 0 saturated carbocycles. The monoisotopic (exact) mass is 594 g/mol. The van der Waals surface area contributed by atoms with Gasteiger partial charge < -0.3 is 25.5 Å². The lowest BCUT2D eigenvalue weighted by molar-refractivity contribution is -0.0506. The van der Waals surface area contributed by atoms with E-state index in [2.05, 4.69) is 20.4 Å². The first-order chi connectivity index (χ1) is 20.7. The van der Waals surface area contributed by atoms with Crippen molar-refractivity contribution in [2.75, 3.05) is 18.8 Å². The number of benzene rings is 2. The maximum atomic E-state index is 14.0. The third-order valence-electron chi connectivity index (χ3n) is 7.45. The van der Waals surface area contributed by atoms with Crippen LogP contribution in [0.3, 0.4) is 0 Å². The average molecular weight is 595 g/mol. The van der Waals surface area contributed by atoms with Gasteiger partial charge in [-0.2, -0.15) is 13.9 Å². The van der Waals surface area contributed by atoms with E-state index in [4.69, 9.17) is 15.2 Å². The minimum atomic E-state index is -2.98. The number of alkyl halides is 2. The molecule has 0 spiro atoms. The van der Waals surface area contributed by atoms with Crippen molar-refractivity contribution in [2.45, 2.75) is 32.3 Å². The van der Waals surface area contributed by atoms with Gasteiger partial charge in [0.1, 0.15) is 11.6 Å². The Bertz CT molecular complexity index is 1810. The quantitative estimate of drug-likeness (QED) is 0.149. The third-order valence-corrected chi connectivity index (χ3v) is 7.45. The van der Waals surface area contributed by atoms with E-state index in [0.717, 1.165) is 38.1 Å². The molecule has 2 aromatic carbocycles. The molecule has 0 atom stereocenters. The summed E-state index contributed by atoms with van der Waals surface area (Å²) in [6, 6.07) is 9.66. The molecule has 222 valence electrons. The van der Waals surface area contributed by atoms with E-state index in [-0.39, 0.29) is 34.6 Å². The van der Waals surface area contributed by atoms with Gasteiger partial charge in [-0.3, -0.25) is 4.79 Å². The number of para-hydroxylation sites is 1. The lowest BCUT2D eigenvalue weighted by Gasteiger charge is -2.25. The number of ether oxygens (including phenoxy) is 2. The number of anilines is 1. The van der Waals surface area contributed by atoms with Crippen LogP contribution in [-0.2, 0) is 0 Å². The first-order valence-corrected chi connectivity index (χ1v) is 13.5. The number of nitrogen functional groups attached to an aromatic ring is 1. The molecule has 9 nitrogen and oxygen atoms in total. The predicted molar refractivity (Wildman–Crippen MR) is 150 cm³/mol. The molecule has 0 radical (unpaired) electrons. The van der Waals surface area contributed by atoms with Crippen molar-refractivity contribution >= 4 is 22.5 Å². The van der Waals surface area contributed by atoms with Crippen LogP contribution >= 0.6 is 0 Å². The highest BCUT2D eigenvalue weighted by atomic mass is 19.3. The number of aryl methyl sites for hydroxylation is 1. The number of carbonyl (C=O) groups is 1. The van der Waals surface area contributed by atoms with E-state index in [0.29, 0.717) is 27.7 Å². The standard InChI is InChI=1S/C30H26F4N6O3/c1-15-9-26(43-28-20(31)3-2-4-21(28)32)37-14-24(15)40-29(35)19(13-38-40)27(41)23-10-17-11-25(42-30(33)34)18(12-22(17)39-23)16-5-7-36-8-6-16/h2-4,9-14,16,30,36,39H,5-8,35H2,1H3. The Morgan fingerprint density at radius 3 is 2.53 bits per heavy atom. The Kier molecular flexibility index (Phi) is 7.48. The van der Waals surface area contributed by atoms with Crippen LogP contribution in [0.5, 0.6) is 17.4 Å². The summed E-state index contributed by atoms with van der Waals surface area (Å²) in [5, 5.41) is 8.05. The first-order valence-electron chi connectivity index (χ1n) is 13.5. The van der Waals surface area contributed by atoms with Gasteiger partial charge in [0.15, 0.2) is 11.6 Å². The Balaban J connectivity index is 1.28. The van der Waals surface area contributed by atoms with E-state index < -0.39 is 29.8 Å². The number of rotatable bonds is 8. The minimum absolute atomic E-state index is 0.0273. The predicted octanol–water partition coefficient (Wildman–Crippen LogP) is 6.01. The lowest BCUT2D eigenvalue weighted by atomic mass is 9.89. The number of hydrogen-bond acceptors (Lipinski definition) is 7. The molecule has 1 aliphatic rings. The van der Waals surface area contributed by atoms with Crippen molar-refractivity contribution < 1.29 is 31.8 Å².